The molecule has 0 bridgehead atoms. The number of carbonyl (C=O) groups is 1. The molecular formula is C20H17FN2O4S. The summed E-state index contributed by atoms with van der Waals surface area (Å²) in [5.41, 5.74) is 3.49. The van der Waals surface area contributed by atoms with E-state index in [9.17, 15) is 17.6 Å². The zero-order chi connectivity index (χ0) is 20.0. The van der Waals surface area contributed by atoms with E-state index in [1.165, 1.54) is 36.4 Å². The van der Waals surface area contributed by atoms with Gasteiger partial charge in [0.2, 0.25) is 0 Å². The van der Waals surface area contributed by atoms with Crippen LogP contribution in [0.4, 0.5) is 10.1 Å². The molecule has 0 spiro atoms. The van der Waals surface area contributed by atoms with E-state index in [-0.39, 0.29) is 22.8 Å². The van der Waals surface area contributed by atoms with Gasteiger partial charge in [0.1, 0.15) is 5.82 Å². The van der Waals surface area contributed by atoms with Crippen LogP contribution in [0.3, 0.4) is 0 Å². The maximum atomic E-state index is 13.0. The molecule has 144 valence electrons. The minimum absolute atomic E-state index is 0.104. The lowest BCUT2D eigenvalue weighted by Gasteiger charge is -2.10. The zero-order valence-corrected chi connectivity index (χ0v) is 15.4. The number of benzene rings is 3. The quantitative estimate of drug-likeness (QED) is 0.595. The average molecular weight is 400 g/mol. The lowest BCUT2D eigenvalue weighted by molar-refractivity contribution is 0.0233. The van der Waals surface area contributed by atoms with E-state index in [0.717, 1.165) is 17.7 Å². The molecule has 0 aromatic heterocycles. The monoisotopic (exact) mass is 400 g/mol. The van der Waals surface area contributed by atoms with Crippen molar-refractivity contribution in [1.82, 2.24) is 5.48 Å². The Balaban J connectivity index is 1.66. The minimum Gasteiger partial charge on any atom is -0.280 e. The van der Waals surface area contributed by atoms with Crippen molar-refractivity contribution >= 4 is 21.6 Å². The number of nitrogens with one attached hydrogen (secondary N) is 2. The maximum Gasteiger partial charge on any atom is 0.274 e. The summed E-state index contributed by atoms with van der Waals surface area (Å²) in [4.78, 5) is 17.3. The van der Waals surface area contributed by atoms with Crippen molar-refractivity contribution < 1.29 is 22.4 Å². The maximum absolute atomic E-state index is 13.0. The van der Waals surface area contributed by atoms with E-state index in [2.05, 4.69) is 10.2 Å². The van der Waals surface area contributed by atoms with Crippen LogP contribution in [0.1, 0.15) is 15.9 Å². The lowest BCUT2D eigenvalue weighted by atomic mass is 10.2. The molecule has 0 aliphatic rings. The highest BCUT2D eigenvalue weighted by Crippen LogP contribution is 2.17. The fourth-order valence-corrected chi connectivity index (χ4v) is 3.46. The Bertz CT molecular complexity index is 1060. The van der Waals surface area contributed by atoms with Crippen LogP contribution >= 0.6 is 0 Å². The van der Waals surface area contributed by atoms with Crippen molar-refractivity contribution in [2.24, 2.45) is 0 Å². The lowest BCUT2D eigenvalue weighted by Crippen LogP contribution is -2.24. The molecular weight excluding hydrogens is 383 g/mol. The largest absolute Gasteiger partial charge is 0.280 e. The second-order valence-corrected chi connectivity index (χ2v) is 7.53. The summed E-state index contributed by atoms with van der Waals surface area (Å²) in [5, 5.41) is 0. The molecule has 0 heterocycles. The van der Waals surface area contributed by atoms with Crippen LogP contribution < -0.4 is 10.2 Å². The molecule has 0 unspecified atom stereocenters. The van der Waals surface area contributed by atoms with Crippen LogP contribution in [0.15, 0.2) is 83.8 Å². The minimum atomic E-state index is -3.94. The summed E-state index contributed by atoms with van der Waals surface area (Å²) < 4.78 is 40.3. The highest BCUT2D eigenvalue weighted by molar-refractivity contribution is 7.92. The molecule has 1 amide bonds. The summed E-state index contributed by atoms with van der Waals surface area (Å²) in [6.45, 7) is 0.177. The van der Waals surface area contributed by atoms with Gasteiger partial charge >= 0.3 is 0 Å². The van der Waals surface area contributed by atoms with Crippen LogP contribution in [-0.2, 0) is 21.5 Å². The Morgan fingerprint density at radius 2 is 1.64 bits per heavy atom. The van der Waals surface area contributed by atoms with Gasteiger partial charge in [0.05, 0.1) is 11.5 Å². The highest BCUT2D eigenvalue weighted by Gasteiger charge is 2.16. The van der Waals surface area contributed by atoms with E-state index in [1.807, 2.05) is 30.3 Å². The van der Waals surface area contributed by atoms with E-state index < -0.39 is 21.7 Å². The summed E-state index contributed by atoms with van der Waals surface area (Å²) >= 11 is 0. The molecule has 0 aliphatic carbocycles. The summed E-state index contributed by atoms with van der Waals surface area (Å²) in [7, 11) is -3.94. The van der Waals surface area contributed by atoms with Gasteiger partial charge in [-0.2, -0.15) is 0 Å². The van der Waals surface area contributed by atoms with E-state index in [0.29, 0.717) is 0 Å². The fraction of sp³-hybridized carbons (Fsp3) is 0.0500. The predicted octanol–water partition coefficient (Wildman–Crippen LogP) is 3.49. The van der Waals surface area contributed by atoms with Gasteiger partial charge in [-0.3, -0.25) is 14.4 Å². The summed E-state index contributed by atoms with van der Waals surface area (Å²) in [5.74, 6) is -1.05. The first-order chi connectivity index (χ1) is 13.4. The molecule has 3 aromatic carbocycles. The number of hydrogen-bond donors (Lipinski definition) is 2. The fourth-order valence-electron chi connectivity index (χ4n) is 2.35. The van der Waals surface area contributed by atoms with Gasteiger partial charge in [-0.05, 0) is 48.0 Å². The van der Waals surface area contributed by atoms with Gasteiger partial charge < -0.3 is 0 Å². The molecule has 3 aromatic rings. The van der Waals surface area contributed by atoms with Crippen molar-refractivity contribution in [2.45, 2.75) is 11.5 Å². The summed E-state index contributed by atoms with van der Waals surface area (Å²) in [6, 6.07) is 19.7. The Morgan fingerprint density at radius 1 is 0.929 bits per heavy atom. The summed E-state index contributed by atoms with van der Waals surface area (Å²) in [6.07, 6.45) is 0. The number of sulfonamides is 1. The van der Waals surface area contributed by atoms with E-state index in [4.69, 9.17) is 4.84 Å². The van der Waals surface area contributed by atoms with Crippen molar-refractivity contribution in [3.63, 3.8) is 0 Å². The Morgan fingerprint density at radius 3 is 2.36 bits per heavy atom. The van der Waals surface area contributed by atoms with Gasteiger partial charge in [-0.15, -0.1) is 0 Å². The standard InChI is InChI=1S/C20H17FN2O4S/c21-17-9-11-18(12-10-17)23-28(25,26)19-8-4-7-16(13-19)20(24)22-27-14-15-5-2-1-3-6-15/h1-13,23H,14H2,(H,22,24). The molecule has 3 rings (SSSR count). The second-order valence-electron chi connectivity index (χ2n) is 5.85. The first-order valence-electron chi connectivity index (χ1n) is 8.28. The third-order valence-corrected chi connectivity index (χ3v) is 5.13. The number of amides is 1. The first kappa shape index (κ1) is 19.5. The van der Waals surface area contributed by atoms with Crippen LogP contribution in [0.2, 0.25) is 0 Å². The molecule has 0 radical (unpaired) electrons. The predicted molar refractivity (Wildman–Crippen MR) is 102 cm³/mol. The van der Waals surface area contributed by atoms with E-state index in [1.54, 1.807) is 0 Å². The SMILES string of the molecule is O=C(NOCc1ccccc1)c1cccc(S(=O)(=O)Nc2ccc(F)cc2)c1. The molecule has 0 saturated carbocycles. The molecule has 0 fully saturated rings. The number of hydroxylamine groups is 1. The Kier molecular flexibility index (Phi) is 6.03. The molecule has 28 heavy (non-hydrogen) atoms. The van der Waals surface area contributed by atoms with Gasteiger partial charge in [0.15, 0.2) is 0 Å². The van der Waals surface area contributed by atoms with Crippen molar-refractivity contribution in [3.8, 4) is 0 Å². The number of anilines is 1. The van der Waals surface area contributed by atoms with Gasteiger partial charge in [0.25, 0.3) is 15.9 Å². The van der Waals surface area contributed by atoms with Gasteiger partial charge in [-0.1, -0.05) is 36.4 Å². The van der Waals surface area contributed by atoms with E-state index >= 15 is 0 Å². The Hall–Kier alpha value is -3.23. The number of rotatable bonds is 7. The average Bonchev–Trinajstić information content (AvgIpc) is 2.70. The molecule has 0 atom stereocenters. The molecule has 2 N–H and O–H groups in total. The first-order valence-corrected chi connectivity index (χ1v) is 9.77. The molecule has 0 aliphatic heterocycles. The second kappa shape index (κ2) is 8.64. The van der Waals surface area contributed by atoms with Crippen LogP contribution in [0.25, 0.3) is 0 Å². The van der Waals surface area contributed by atoms with Gasteiger partial charge in [-0.25, -0.2) is 18.3 Å². The van der Waals surface area contributed by atoms with Crippen molar-refractivity contribution in [1.29, 1.82) is 0 Å². The van der Waals surface area contributed by atoms with Crippen LogP contribution in [0, 0.1) is 5.82 Å². The number of carbonyl (C=O) groups excluding carboxylic acids is 1. The van der Waals surface area contributed by atoms with Gasteiger partial charge in [0, 0.05) is 11.3 Å². The Labute approximate surface area is 162 Å². The zero-order valence-electron chi connectivity index (χ0n) is 14.6. The third-order valence-electron chi connectivity index (χ3n) is 3.75. The third kappa shape index (κ3) is 5.15. The van der Waals surface area contributed by atoms with Crippen LogP contribution in [0.5, 0.6) is 0 Å². The molecule has 8 heteroatoms. The van der Waals surface area contributed by atoms with Crippen molar-refractivity contribution in [3.05, 3.63) is 95.8 Å². The smallest absolute Gasteiger partial charge is 0.274 e. The normalized spacial score (nSPS) is 11.0. The number of halogens is 1. The van der Waals surface area contributed by atoms with Crippen molar-refractivity contribution in [2.75, 3.05) is 4.72 Å². The topological polar surface area (TPSA) is 84.5 Å². The molecule has 0 saturated heterocycles. The molecule has 6 nitrogen and oxygen atoms in total. The highest BCUT2D eigenvalue weighted by atomic mass is 32.2. The van der Waals surface area contributed by atoms with Crippen LogP contribution in [-0.4, -0.2) is 14.3 Å². The number of hydrogen-bond acceptors (Lipinski definition) is 4.